The third-order valence-corrected chi connectivity index (χ3v) is 2.03. The first kappa shape index (κ1) is 7.22. The summed E-state index contributed by atoms with van der Waals surface area (Å²) in [4.78, 5) is 0. The zero-order chi connectivity index (χ0) is 8.72. The van der Waals surface area contributed by atoms with E-state index in [1.807, 2.05) is 13.0 Å². The van der Waals surface area contributed by atoms with E-state index in [2.05, 4.69) is 6.92 Å². The summed E-state index contributed by atoms with van der Waals surface area (Å²) in [7, 11) is 0. The van der Waals surface area contributed by atoms with Gasteiger partial charge in [0.2, 0.25) is 0 Å². The predicted octanol–water partition coefficient (Wildman–Crippen LogP) is 2.63. The SMILES string of the molecule is [CH2]c1oc2cccc(O)c2c1C. The molecule has 1 heterocycles. The Kier molecular flexibility index (Phi) is 1.37. The highest BCUT2D eigenvalue weighted by molar-refractivity contribution is 5.88. The molecule has 2 aromatic rings. The van der Waals surface area contributed by atoms with E-state index in [0.29, 0.717) is 11.3 Å². The number of furan rings is 1. The Hall–Kier alpha value is -1.44. The van der Waals surface area contributed by atoms with Crippen molar-refractivity contribution < 1.29 is 9.52 Å². The van der Waals surface area contributed by atoms with E-state index in [1.165, 1.54) is 0 Å². The van der Waals surface area contributed by atoms with Crippen LogP contribution in [0.15, 0.2) is 22.6 Å². The maximum atomic E-state index is 9.48. The molecular weight excluding hydrogens is 152 g/mol. The van der Waals surface area contributed by atoms with Gasteiger partial charge >= 0.3 is 0 Å². The van der Waals surface area contributed by atoms with Crippen molar-refractivity contribution in [2.24, 2.45) is 0 Å². The smallest absolute Gasteiger partial charge is 0.138 e. The molecule has 0 fully saturated rings. The van der Waals surface area contributed by atoms with Crippen molar-refractivity contribution in [3.63, 3.8) is 0 Å². The van der Waals surface area contributed by atoms with Crippen molar-refractivity contribution in [2.75, 3.05) is 0 Å². The first-order valence-electron chi connectivity index (χ1n) is 3.73. The van der Waals surface area contributed by atoms with Crippen molar-refractivity contribution in [1.82, 2.24) is 0 Å². The van der Waals surface area contributed by atoms with Gasteiger partial charge in [-0.3, -0.25) is 0 Å². The Morgan fingerprint density at radius 2 is 2.17 bits per heavy atom. The van der Waals surface area contributed by atoms with Crippen molar-refractivity contribution >= 4 is 11.0 Å². The van der Waals surface area contributed by atoms with Crippen LogP contribution in [0, 0.1) is 13.8 Å². The highest BCUT2D eigenvalue weighted by Gasteiger charge is 2.09. The van der Waals surface area contributed by atoms with E-state index in [4.69, 9.17) is 4.42 Å². The molecule has 1 aromatic heterocycles. The highest BCUT2D eigenvalue weighted by atomic mass is 16.3. The molecule has 0 atom stereocenters. The highest BCUT2D eigenvalue weighted by Crippen LogP contribution is 2.31. The molecule has 2 heteroatoms. The molecule has 0 amide bonds. The van der Waals surface area contributed by atoms with E-state index in [-0.39, 0.29) is 5.75 Å². The standard InChI is InChI=1S/C10H9O2/c1-6-7(2)12-9-5-3-4-8(11)10(6)9/h3-5,11H,2H2,1H3. The molecule has 2 nitrogen and oxygen atoms in total. The van der Waals surface area contributed by atoms with E-state index in [9.17, 15) is 5.11 Å². The van der Waals surface area contributed by atoms with Gasteiger partial charge in [-0.05, 0) is 19.1 Å². The fourth-order valence-corrected chi connectivity index (χ4v) is 1.33. The molecule has 0 aliphatic carbocycles. The molecular formula is C10H9O2. The molecule has 0 saturated heterocycles. The topological polar surface area (TPSA) is 33.4 Å². The van der Waals surface area contributed by atoms with Crippen LogP contribution in [0.5, 0.6) is 5.75 Å². The van der Waals surface area contributed by atoms with Gasteiger partial charge in [-0.25, -0.2) is 0 Å². The fraction of sp³-hybridized carbons (Fsp3) is 0.100. The monoisotopic (exact) mass is 161 g/mol. The molecule has 0 spiro atoms. The summed E-state index contributed by atoms with van der Waals surface area (Å²) >= 11 is 0. The van der Waals surface area contributed by atoms with Gasteiger partial charge in [0.15, 0.2) is 0 Å². The lowest BCUT2D eigenvalue weighted by atomic mass is 10.1. The van der Waals surface area contributed by atoms with Gasteiger partial charge in [0.25, 0.3) is 0 Å². The van der Waals surface area contributed by atoms with E-state index in [0.717, 1.165) is 10.9 Å². The van der Waals surface area contributed by atoms with Crippen LogP contribution in [0.25, 0.3) is 11.0 Å². The van der Waals surface area contributed by atoms with Crippen LogP contribution >= 0.6 is 0 Å². The molecule has 0 unspecified atom stereocenters. The number of aryl methyl sites for hydroxylation is 1. The van der Waals surface area contributed by atoms with Crippen molar-refractivity contribution in [3.8, 4) is 5.75 Å². The summed E-state index contributed by atoms with van der Waals surface area (Å²) < 4.78 is 5.31. The Bertz CT molecular complexity index is 427. The minimum Gasteiger partial charge on any atom is -0.507 e. The molecule has 2 rings (SSSR count). The molecule has 1 aromatic carbocycles. The number of aromatic hydroxyl groups is 1. The summed E-state index contributed by atoms with van der Waals surface area (Å²) in [6.45, 7) is 5.60. The number of phenols is 1. The van der Waals surface area contributed by atoms with Crippen LogP contribution < -0.4 is 0 Å². The first-order chi connectivity index (χ1) is 5.70. The number of phenolic OH excluding ortho intramolecular Hbond substituents is 1. The summed E-state index contributed by atoms with van der Waals surface area (Å²) in [6.07, 6.45) is 0. The summed E-state index contributed by atoms with van der Waals surface area (Å²) in [5.41, 5.74) is 1.60. The largest absolute Gasteiger partial charge is 0.507 e. The van der Waals surface area contributed by atoms with Gasteiger partial charge in [-0.1, -0.05) is 6.07 Å². The second-order valence-electron chi connectivity index (χ2n) is 2.80. The Balaban J connectivity index is 2.97. The molecule has 1 radical (unpaired) electrons. The Morgan fingerprint density at radius 1 is 1.42 bits per heavy atom. The second-order valence-corrected chi connectivity index (χ2v) is 2.80. The van der Waals surface area contributed by atoms with Gasteiger partial charge in [0, 0.05) is 12.5 Å². The maximum Gasteiger partial charge on any atom is 0.138 e. The molecule has 61 valence electrons. The third kappa shape index (κ3) is 0.811. The van der Waals surface area contributed by atoms with Crippen LogP contribution in [0.1, 0.15) is 11.3 Å². The first-order valence-corrected chi connectivity index (χ1v) is 3.73. The van der Waals surface area contributed by atoms with E-state index >= 15 is 0 Å². The maximum absolute atomic E-state index is 9.48. The van der Waals surface area contributed by atoms with Gasteiger partial charge < -0.3 is 9.52 Å². The average Bonchev–Trinajstić information content (AvgIpc) is 2.29. The lowest BCUT2D eigenvalue weighted by molar-refractivity contribution is 0.481. The van der Waals surface area contributed by atoms with Crippen molar-refractivity contribution in [2.45, 2.75) is 6.92 Å². The van der Waals surface area contributed by atoms with Crippen LogP contribution in [0.2, 0.25) is 0 Å². The lowest BCUT2D eigenvalue weighted by Gasteiger charge is -1.92. The van der Waals surface area contributed by atoms with E-state index in [1.54, 1.807) is 12.1 Å². The van der Waals surface area contributed by atoms with Crippen molar-refractivity contribution in [3.05, 3.63) is 36.4 Å². The van der Waals surface area contributed by atoms with Crippen LogP contribution in [0.4, 0.5) is 0 Å². The molecule has 12 heavy (non-hydrogen) atoms. The summed E-state index contributed by atoms with van der Waals surface area (Å²) in [5.74, 6) is 0.871. The minimum atomic E-state index is 0.253. The summed E-state index contributed by atoms with van der Waals surface area (Å²) in [6, 6.07) is 5.21. The van der Waals surface area contributed by atoms with Gasteiger partial charge in [0.1, 0.15) is 17.1 Å². The number of fused-ring (bicyclic) bond motifs is 1. The van der Waals surface area contributed by atoms with Crippen LogP contribution in [0.3, 0.4) is 0 Å². The number of rotatable bonds is 0. The predicted molar refractivity (Wildman–Crippen MR) is 47.1 cm³/mol. The van der Waals surface area contributed by atoms with Crippen LogP contribution in [-0.2, 0) is 0 Å². The molecule has 1 N–H and O–H groups in total. The van der Waals surface area contributed by atoms with Crippen molar-refractivity contribution in [1.29, 1.82) is 0 Å². The molecule has 0 aliphatic rings. The third-order valence-electron chi connectivity index (χ3n) is 2.03. The Labute approximate surface area is 70.4 Å². The average molecular weight is 161 g/mol. The molecule has 0 bridgehead atoms. The zero-order valence-electron chi connectivity index (χ0n) is 6.79. The van der Waals surface area contributed by atoms with Crippen LogP contribution in [-0.4, -0.2) is 5.11 Å². The fourth-order valence-electron chi connectivity index (χ4n) is 1.33. The summed E-state index contributed by atoms with van der Waals surface area (Å²) in [5, 5.41) is 10.2. The second kappa shape index (κ2) is 2.27. The van der Waals surface area contributed by atoms with Gasteiger partial charge in [-0.2, -0.15) is 0 Å². The quantitative estimate of drug-likeness (QED) is 0.644. The van der Waals surface area contributed by atoms with E-state index < -0.39 is 0 Å². The van der Waals surface area contributed by atoms with Gasteiger partial charge in [-0.15, -0.1) is 0 Å². The van der Waals surface area contributed by atoms with Gasteiger partial charge in [0.05, 0.1) is 5.39 Å². The Morgan fingerprint density at radius 3 is 2.83 bits per heavy atom. The number of hydrogen-bond donors (Lipinski definition) is 1. The minimum absolute atomic E-state index is 0.253. The molecule has 0 saturated carbocycles. The number of benzene rings is 1. The lowest BCUT2D eigenvalue weighted by Crippen LogP contribution is -1.71. The molecule has 0 aliphatic heterocycles. The zero-order valence-corrected chi connectivity index (χ0v) is 6.79. The number of hydrogen-bond acceptors (Lipinski definition) is 2. The normalized spacial score (nSPS) is 10.8.